The standard InChI is InChI=1S/C31H53NO8/c1-3-5-7-8-9-10-11-12-30(33)39-26-24-37-22-20-35-18-19-36-21-23-38-25-27-40-31(34)28-13-15-29(16-14-28)32-17-6-4-2/h13-16,32H,3-12,17-27H2,1-2H3. The van der Waals surface area contributed by atoms with E-state index < -0.39 is 0 Å². The minimum absolute atomic E-state index is 0.146. The van der Waals surface area contributed by atoms with E-state index in [4.69, 9.17) is 28.4 Å². The normalized spacial score (nSPS) is 10.9. The molecule has 0 bridgehead atoms. The molecule has 0 aliphatic carbocycles. The molecule has 0 heterocycles. The Morgan fingerprint density at radius 1 is 0.575 bits per heavy atom. The van der Waals surface area contributed by atoms with E-state index in [0.29, 0.717) is 64.8 Å². The molecular weight excluding hydrogens is 514 g/mol. The second-order valence-electron chi connectivity index (χ2n) is 9.53. The SMILES string of the molecule is CCCCCCCCCC(=O)OCCOCCOCCOCCOCCOC(=O)c1ccc(NCCCC)cc1. The summed E-state index contributed by atoms with van der Waals surface area (Å²) in [5.74, 6) is -0.506. The fraction of sp³-hybridized carbons (Fsp3) is 0.742. The van der Waals surface area contributed by atoms with Gasteiger partial charge in [-0.2, -0.15) is 0 Å². The molecule has 0 aliphatic rings. The van der Waals surface area contributed by atoms with Crippen molar-refractivity contribution in [1.82, 2.24) is 0 Å². The number of carbonyl (C=O) groups is 2. The van der Waals surface area contributed by atoms with Crippen molar-refractivity contribution in [2.45, 2.75) is 78.1 Å². The number of unbranched alkanes of at least 4 members (excludes halogenated alkanes) is 7. The third-order valence-corrected chi connectivity index (χ3v) is 6.03. The van der Waals surface area contributed by atoms with Crippen LogP contribution in [0.15, 0.2) is 24.3 Å². The maximum absolute atomic E-state index is 12.1. The van der Waals surface area contributed by atoms with Crippen molar-refractivity contribution >= 4 is 17.6 Å². The number of anilines is 1. The average molecular weight is 568 g/mol. The fourth-order valence-electron chi connectivity index (χ4n) is 3.69. The minimum Gasteiger partial charge on any atom is -0.463 e. The molecule has 0 radical (unpaired) electrons. The second-order valence-corrected chi connectivity index (χ2v) is 9.53. The van der Waals surface area contributed by atoms with Crippen LogP contribution < -0.4 is 5.32 Å². The van der Waals surface area contributed by atoms with Gasteiger partial charge in [-0.25, -0.2) is 4.79 Å². The summed E-state index contributed by atoms with van der Waals surface area (Å²) in [7, 11) is 0. The van der Waals surface area contributed by atoms with Gasteiger partial charge in [-0.05, 0) is 37.1 Å². The van der Waals surface area contributed by atoms with E-state index >= 15 is 0 Å². The van der Waals surface area contributed by atoms with Crippen LogP contribution in [0.2, 0.25) is 0 Å². The van der Waals surface area contributed by atoms with E-state index in [1.165, 1.54) is 32.1 Å². The molecule has 9 heteroatoms. The molecule has 9 nitrogen and oxygen atoms in total. The van der Waals surface area contributed by atoms with Crippen LogP contribution in [0.25, 0.3) is 0 Å². The van der Waals surface area contributed by atoms with Gasteiger partial charge in [0.1, 0.15) is 13.2 Å². The Balaban J connectivity index is 1.81. The van der Waals surface area contributed by atoms with Crippen LogP contribution in [-0.2, 0) is 33.2 Å². The van der Waals surface area contributed by atoms with Crippen LogP contribution in [0.3, 0.4) is 0 Å². The molecule has 0 saturated heterocycles. The van der Waals surface area contributed by atoms with Crippen LogP contribution in [0, 0.1) is 0 Å². The molecule has 0 fully saturated rings. The predicted molar refractivity (Wildman–Crippen MR) is 157 cm³/mol. The van der Waals surface area contributed by atoms with Crippen molar-refractivity contribution in [3.05, 3.63) is 29.8 Å². The molecule has 0 spiro atoms. The molecule has 0 saturated carbocycles. The van der Waals surface area contributed by atoms with Crippen molar-refractivity contribution in [2.24, 2.45) is 0 Å². The first kappa shape index (κ1) is 35.8. The largest absolute Gasteiger partial charge is 0.463 e. The topological polar surface area (TPSA) is 102 Å². The van der Waals surface area contributed by atoms with Crippen LogP contribution >= 0.6 is 0 Å². The third kappa shape index (κ3) is 21.6. The lowest BCUT2D eigenvalue weighted by atomic mass is 10.1. The van der Waals surface area contributed by atoms with Crippen molar-refractivity contribution in [3.8, 4) is 0 Å². The van der Waals surface area contributed by atoms with E-state index in [2.05, 4.69) is 19.2 Å². The van der Waals surface area contributed by atoms with Gasteiger partial charge in [0.25, 0.3) is 0 Å². The summed E-state index contributed by atoms with van der Waals surface area (Å²) >= 11 is 0. The molecule has 1 N–H and O–H groups in total. The minimum atomic E-state index is -0.360. The van der Waals surface area contributed by atoms with Crippen LogP contribution in [0.4, 0.5) is 5.69 Å². The van der Waals surface area contributed by atoms with Gasteiger partial charge in [-0.15, -0.1) is 0 Å². The number of esters is 2. The van der Waals surface area contributed by atoms with Gasteiger partial charge < -0.3 is 33.7 Å². The highest BCUT2D eigenvalue weighted by Gasteiger charge is 2.07. The van der Waals surface area contributed by atoms with Crippen LogP contribution in [0.5, 0.6) is 0 Å². The lowest BCUT2D eigenvalue weighted by molar-refractivity contribution is -0.145. The Labute approximate surface area is 241 Å². The van der Waals surface area contributed by atoms with Gasteiger partial charge in [-0.3, -0.25) is 4.79 Å². The van der Waals surface area contributed by atoms with Gasteiger partial charge >= 0.3 is 11.9 Å². The number of nitrogens with one attached hydrogen (secondary N) is 1. The van der Waals surface area contributed by atoms with E-state index in [1.54, 1.807) is 12.1 Å². The Hall–Kier alpha value is -2.20. The average Bonchev–Trinajstić information content (AvgIpc) is 2.96. The maximum Gasteiger partial charge on any atom is 0.338 e. The second kappa shape index (κ2) is 27.0. The van der Waals surface area contributed by atoms with Crippen LogP contribution in [0.1, 0.15) is 88.4 Å². The van der Waals surface area contributed by atoms with Crippen molar-refractivity contribution in [2.75, 3.05) is 77.9 Å². The maximum atomic E-state index is 12.1. The van der Waals surface area contributed by atoms with Gasteiger partial charge in [0.05, 0.1) is 58.4 Å². The lowest BCUT2D eigenvalue weighted by Gasteiger charge is -2.09. The first-order valence-electron chi connectivity index (χ1n) is 15.1. The van der Waals surface area contributed by atoms with E-state index in [9.17, 15) is 9.59 Å². The highest BCUT2D eigenvalue weighted by Crippen LogP contribution is 2.11. The zero-order chi connectivity index (χ0) is 28.9. The molecule has 1 aromatic rings. The first-order valence-corrected chi connectivity index (χ1v) is 15.1. The summed E-state index contributed by atoms with van der Waals surface area (Å²) in [6.07, 6.45) is 11.0. The smallest absolute Gasteiger partial charge is 0.338 e. The van der Waals surface area contributed by atoms with Gasteiger partial charge in [0, 0.05) is 18.7 Å². The van der Waals surface area contributed by atoms with Crippen molar-refractivity contribution in [3.63, 3.8) is 0 Å². The Kier molecular flexibility index (Phi) is 24.2. The van der Waals surface area contributed by atoms with E-state index in [-0.39, 0.29) is 25.2 Å². The number of carbonyl (C=O) groups excluding carboxylic acids is 2. The number of benzene rings is 1. The molecule has 0 aromatic heterocycles. The van der Waals surface area contributed by atoms with Crippen LogP contribution in [-0.4, -0.2) is 84.6 Å². The predicted octanol–water partition coefficient (Wildman–Crippen LogP) is 5.81. The Bertz CT molecular complexity index is 729. The van der Waals surface area contributed by atoms with Gasteiger partial charge in [-0.1, -0.05) is 58.8 Å². The van der Waals surface area contributed by atoms with Gasteiger partial charge in [0.15, 0.2) is 0 Å². The molecule has 0 atom stereocenters. The number of hydrogen-bond donors (Lipinski definition) is 1. The molecule has 230 valence electrons. The molecule has 0 unspecified atom stereocenters. The van der Waals surface area contributed by atoms with E-state index in [1.807, 2.05) is 12.1 Å². The third-order valence-electron chi connectivity index (χ3n) is 6.03. The first-order chi connectivity index (χ1) is 19.7. The molecule has 40 heavy (non-hydrogen) atoms. The lowest BCUT2D eigenvalue weighted by Crippen LogP contribution is -2.15. The summed E-state index contributed by atoms with van der Waals surface area (Å²) in [5, 5.41) is 3.31. The molecule has 0 aliphatic heterocycles. The fourth-order valence-corrected chi connectivity index (χ4v) is 3.69. The number of hydrogen-bond acceptors (Lipinski definition) is 9. The zero-order valence-corrected chi connectivity index (χ0v) is 24.9. The Morgan fingerprint density at radius 3 is 1.60 bits per heavy atom. The number of rotatable bonds is 28. The quantitative estimate of drug-likeness (QED) is 0.0993. The number of ether oxygens (including phenoxy) is 6. The summed E-state index contributed by atoms with van der Waals surface area (Å²) in [6.45, 7) is 9.10. The van der Waals surface area contributed by atoms with Gasteiger partial charge in [0.2, 0.25) is 0 Å². The van der Waals surface area contributed by atoms with Crippen molar-refractivity contribution < 1.29 is 38.0 Å². The zero-order valence-electron chi connectivity index (χ0n) is 24.9. The molecule has 1 rings (SSSR count). The summed E-state index contributed by atoms with van der Waals surface area (Å²) in [6, 6.07) is 7.29. The Morgan fingerprint density at radius 2 is 1.05 bits per heavy atom. The summed E-state index contributed by atoms with van der Waals surface area (Å²) in [5.41, 5.74) is 1.52. The van der Waals surface area contributed by atoms with E-state index in [0.717, 1.165) is 37.9 Å². The highest BCUT2D eigenvalue weighted by atomic mass is 16.6. The molecular formula is C31H53NO8. The summed E-state index contributed by atoms with van der Waals surface area (Å²) < 4.78 is 32.2. The van der Waals surface area contributed by atoms with Crippen molar-refractivity contribution in [1.29, 1.82) is 0 Å². The molecule has 1 aromatic carbocycles. The highest BCUT2D eigenvalue weighted by molar-refractivity contribution is 5.89. The summed E-state index contributed by atoms with van der Waals surface area (Å²) in [4.78, 5) is 23.8. The molecule has 0 amide bonds. The monoisotopic (exact) mass is 567 g/mol.